The summed E-state index contributed by atoms with van der Waals surface area (Å²) in [7, 11) is 0. The Labute approximate surface area is 97.7 Å². The van der Waals surface area contributed by atoms with E-state index in [1.807, 2.05) is 0 Å². The zero-order valence-corrected chi connectivity index (χ0v) is 9.74. The summed E-state index contributed by atoms with van der Waals surface area (Å²) in [6.07, 6.45) is 1.83. The molecule has 0 aliphatic heterocycles. The maximum atomic E-state index is 11.2. The van der Waals surface area contributed by atoms with Gasteiger partial charge in [-0.1, -0.05) is 6.92 Å². The van der Waals surface area contributed by atoms with E-state index in [1.165, 1.54) is 6.07 Å². The predicted molar refractivity (Wildman–Crippen MR) is 63.3 cm³/mol. The van der Waals surface area contributed by atoms with Gasteiger partial charge in [0.05, 0.1) is 0 Å². The Hall–Kier alpha value is -2.18. The van der Waals surface area contributed by atoms with Crippen molar-refractivity contribution in [3.05, 3.63) is 27.9 Å². The van der Waals surface area contributed by atoms with E-state index in [9.17, 15) is 4.79 Å². The molecular weight excluding hydrogens is 220 g/mol. The van der Waals surface area contributed by atoms with Crippen molar-refractivity contribution in [3.63, 3.8) is 0 Å². The molecular formula is C10H14N6O. The molecule has 0 unspecified atom stereocenters. The number of anilines is 2. The number of hydrogen-bond donors (Lipinski definition) is 3. The molecule has 0 atom stereocenters. The molecule has 90 valence electrons. The maximum absolute atomic E-state index is 11.2. The highest BCUT2D eigenvalue weighted by molar-refractivity contribution is 5.41. The number of H-pyrrole nitrogens is 2. The summed E-state index contributed by atoms with van der Waals surface area (Å²) in [6, 6.07) is 1.42. The number of hydrogen-bond acceptors (Lipinski definition) is 5. The molecule has 0 aliphatic rings. The zero-order chi connectivity index (χ0) is 12.3. The van der Waals surface area contributed by atoms with Gasteiger partial charge in [-0.15, -0.1) is 5.10 Å². The van der Waals surface area contributed by atoms with Gasteiger partial charge in [0.25, 0.3) is 5.56 Å². The predicted octanol–water partition coefficient (Wildman–Crippen LogP) is 0.893. The third-order valence-electron chi connectivity index (χ3n) is 2.12. The van der Waals surface area contributed by atoms with E-state index in [2.05, 4.69) is 37.4 Å². The molecule has 2 rings (SSSR count). The minimum atomic E-state index is -0.204. The van der Waals surface area contributed by atoms with Crippen LogP contribution in [-0.4, -0.2) is 25.1 Å². The van der Waals surface area contributed by atoms with E-state index < -0.39 is 0 Å². The van der Waals surface area contributed by atoms with Crippen LogP contribution in [-0.2, 0) is 6.42 Å². The van der Waals surface area contributed by atoms with Crippen LogP contribution >= 0.6 is 0 Å². The minimum Gasteiger partial charge on any atom is -0.293 e. The second-order valence-electron chi connectivity index (χ2n) is 3.72. The number of nitrogens with zero attached hydrogens (tertiary/aromatic N) is 3. The summed E-state index contributed by atoms with van der Waals surface area (Å²) in [6.45, 7) is 3.82. The van der Waals surface area contributed by atoms with Gasteiger partial charge in [-0.3, -0.25) is 20.2 Å². The minimum absolute atomic E-state index is 0.204. The molecule has 0 saturated carbocycles. The second-order valence-corrected chi connectivity index (χ2v) is 3.72. The average molecular weight is 234 g/mol. The third-order valence-corrected chi connectivity index (χ3v) is 2.12. The van der Waals surface area contributed by atoms with Crippen LogP contribution in [0.25, 0.3) is 0 Å². The van der Waals surface area contributed by atoms with Crippen molar-refractivity contribution in [2.24, 2.45) is 0 Å². The Bertz CT molecular complexity index is 558. The van der Waals surface area contributed by atoms with Crippen molar-refractivity contribution in [2.45, 2.75) is 26.7 Å². The van der Waals surface area contributed by atoms with E-state index in [0.717, 1.165) is 18.7 Å². The largest absolute Gasteiger partial charge is 0.293 e. The standard InChI is InChI=1S/C10H14N6O/c1-3-4-7-12-10(16-15-7)14-9-11-6(2)5-8(17)13-9/h5H,3-4H2,1-2H3,(H3,11,12,13,14,15,16,17). The highest BCUT2D eigenvalue weighted by Gasteiger charge is 2.04. The van der Waals surface area contributed by atoms with Gasteiger partial charge >= 0.3 is 0 Å². The van der Waals surface area contributed by atoms with E-state index in [0.29, 0.717) is 17.6 Å². The third kappa shape index (κ3) is 2.90. The summed E-state index contributed by atoms with van der Waals surface area (Å²) >= 11 is 0. The van der Waals surface area contributed by atoms with Crippen molar-refractivity contribution in [1.82, 2.24) is 25.1 Å². The Morgan fingerprint density at radius 1 is 1.41 bits per heavy atom. The molecule has 3 N–H and O–H groups in total. The number of aryl methyl sites for hydroxylation is 2. The highest BCUT2D eigenvalue weighted by atomic mass is 16.1. The molecule has 7 nitrogen and oxygen atoms in total. The van der Waals surface area contributed by atoms with Gasteiger partial charge in [0.15, 0.2) is 0 Å². The number of aromatic amines is 2. The summed E-state index contributed by atoms with van der Waals surface area (Å²) in [5.41, 5.74) is 0.435. The smallest absolute Gasteiger partial charge is 0.252 e. The summed E-state index contributed by atoms with van der Waals surface area (Å²) < 4.78 is 0. The second kappa shape index (κ2) is 4.77. The van der Waals surface area contributed by atoms with Gasteiger partial charge in [0.2, 0.25) is 11.9 Å². The molecule has 0 radical (unpaired) electrons. The van der Waals surface area contributed by atoms with Crippen molar-refractivity contribution in [3.8, 4) is 0 Å². The first-order chi connectivity index (χ1) is 8.17. The zero-order valence-electron chi connectivity index (χ0n) is 9.74. The topological polar surface area (TPSA) is 99.3 Å². The van der Waals surface area contributed by atoms with Gasteiger partial charge in [0, 0.05) is 18.2 Å². The first-order valence-corrected chi connectivity index (χ1v) is 5.43. The van der Waals surface area contributed by atoms with E-state index in [-0.39, 0.29) is 5.56 Å². The molecule has 0 bridgehead atoms. The quantitative estimate of drug-likeness (QED) is 0.729. The van der Waals surface area contributed by atoms with Gasteiger partial charge in [-0.2, -0.15) is 4.98 Å². The van der Waals surface area contributed by atoms with Crippen LogP contribution < -0.4 is 10.9 Å². The van der Waals surface area contributed by atoms with Crippen molar-refractivity contribution < 1.29 is 0 Å². The SMILES string of the molecule is CCCc1nc(Nc2nc(C)cc(=O)[nH]2)n[nH]1. The van der Waals surface area contributed by atoms with Crippen LogP contribution in [0.1, 0.15) is 24.9 Å². The Balaban J connectivity index is 2.16. The van der Waals surface area contributed by atoms with E-state index >= 15 is 0 Å². The Kier molecular flexibility index (Phi) is 3.17. The molecule has 0 fully saturated rings. The lowest BCUT2D eigenvalue weighted by Crippen LogP contribution is -2.11. The fraction of sp³-hybridized carbons (Fsp3) is 0.400. The molecule has 2 aromatic rings. The number of nitrogens with one attached hydrogen (secondary N) is 3. The van der Waals surface area contributed by atoms with Crippen molar-refractivity contribution in [2.75, 3.05) is 5.32 Å². The Morgan fingerprint density at radius 3 is 2.94 bits per heavy atom. The van der Waals surface area contributed by atoms with Crippen LogP contribution in [0.3, 0.4) is 0 Å². The molecule has 7 heteroatoms. The Morgan fingerprint density at radius 2 is 2.24 bits per heavy atom. The fourth-order valence-corrected chi connectivity index (χ4v) is 1.44. The van der Waals surface area contributed by atoms with Crippen LogP contribution in [0.4, 0.5) is 11.9 Å². The van der Waals surface area contributed by atoms with Gasteiger partial charge in [-0.25, -0.2) is 4.98 Å². The molecule has 0 amide bonds. The van der Waals surface area contributed by atoms with Gasteiger partial charge in [-0.05, 0) is 13.3 Å². The number of aromatic nitrogens is 5. The van der Waals surface area contributed by atoms with Crippen LogP contribution in [0, 0.1) is 6.92 Å². The summed E-state index contributed by atoms with van der Waals surface area (Å²) in [4.78, 5) is 22.1. The first-order valence-electron chi connectivity index (χ1n) is 5.43. The fourth-order valence-electron chi connectivity index (χ4n) is 1.44. The summed E-state index contributed by atoms with van der Waals surface area (Å²) in [5.74, 6) is 1.56. The molecule has 0 aromatic carbocycles. The van der Waals surface area contributed by atoms with Crippen molar-refractivity contribution >= 4 is 11.9 Å². The van der Waals surface area contributed by atoms with Crippen LogP contribution in [0.2, 0.25) is 0 Å². The maximum Gasteiger partial charge on any atom is 0.252 e. The normalized spacial score (nSPS) is 10.5. The molecule has 0 aliphatic carbocycles. The van der Waals surface area contributed by atoms with Gasteiger partial charge in [0.1, 0.15) is 5.82 Å². The molecule has 17 heavy (non-hydrogen) atoms. The lowest BCUT2D eigenvalue weighted by Gasteiger charge is -2.00. The number of rotatable bonds is 4. The molecule has 2 aromatic heterocycles. The van der Waals surface area contributed by atoms with E-state index in [1.54, 1.807) is 6.92 Å². The lowest BCUT2D eigenvalue weighted by atomic mass is 10.3. The first kappa shape index (κ1) is 11.3. The molecule has 0 spiro atoms. The van der Waals surface area contributed by atoms with Gasteiger partial charge < -0.3 is 0 Å². The lowest BCUT2D eigenvalue weighted by molar-refractivity contribution is 0.841. The molecule has 0 saturated heterocycles. The van der Waals surface area contributed by atoms with E-state index in [4.69, 9.17) is 0 Å². The molecule has 2 heterocycles. The van der Waals surface area contributed by atoms with Crippen molar-refractivity contribution in [1.29, 1.82) is 0 Å². The highest BCUT2D eigenvalue weighted by Crippen LogP contribution is 2.06. The monoisotopic (exact) mass is 234 g/mol. The van der Waals surface area contributed by atoms with Crippen LogP contribution in [0.15, 0.2) is 10.9 Å². The van der Waals surface area contributed by atoms with Crippen LogP contribution in [0.5, 0.6) is 0 Å². The summed E-state index contributed by atoms with van der Waals surface area (Å²) in [5, 5.41) is 9.64. The average Bonchev–Trinajstić information content (AvgIpc) is 2.64.